The average Bonchev–Trinajstić information content (AvgIpc) is 3.06. The Labute approximate surface area is 186 Å². The first-order valence-corrected chi connectivity index (χ1v) is 13.2. The molecule has 4 aliphatic carbocycles. The van der Waals surface area contributed by atoms with Crippen molar-refractivity contribution in [2.75, 3.05) is 0 Å². The molecule has 9 atom stereocenters. The number of fused-ring (bicyclic) bond motifs is 5. The number of allylic oxidation sites excluding steroid dienone is 4. The smallest absolute Gasteiger partial charge is 0.104 e. The van der Waals surface area contributed by atoms with Crippen LogP contribution in [0.4, 0.5) is 4.39 Å². The quantitative estimate of drug-likeness (QED) is 0.394. The predicted molar refractivity (Wildman–Crippen MR) is 127 cm³/mol. The summed E-state index contributed by atoms with van der Waals surface area (Å²) in [6.07, 6.45) is 17.7. The van der Waals surface area contributed by atoms with Gasteiger partial charge in [-0.3, -0.25) is 0 Å². The molecule has 0 heterocycles. The predicted octanol–water partition coefficient (Wildman–Crippen LogP) is 8.78. The largest absolute Gasteiger partial charge is 0.247 e. The van der Waals surface area contributed by atoms with Crippen molar-refractivity contribution in [1.82, 2.24) is 0 Å². The van der Waals surface area contributed by atoms with Crippen LogP contribution in [0.2, 0.25) is 0 Å². The third-order valence-electron chi connectivity index (χ3n) is 10.7. The molecule has 0 amide bonds. The van der Waals surface area contributed by atoms with Gasteiger partial charge in [-0.25, -0.2) is 4.39 Å². The van der Waals surface area contributed by atoms with Crippen molar-refractivity contribution in [3.8, 4) is 0 Å². The van der Waals surface area contributed by atoms with Crippen molar-refractivity contribution in [3.05, 3.63) is 23.8 Å². The van der Waals surface area contributed by atoms with Gasteiger partial charge in [0, 0.05) is 6.42 Å². The van der Waals surface area contributed by atoms with Gasteiger partial charge in [0.05, 0.1) is 0 Å². The Kier molecular flexibility index (Phi) is 6.33. The van der Waals surface area contributed by atoms with Crippen LogP contribution in [0.15, 0.2) is 23.8 Å². The molecule has 0 saturated heterocycles. The van der Waals surface area contributed by atoms with Gasteiger partial charge in [-0.05, 0) is 104 Å². The Morgan fingerprint density at radius 3 is 2.50 bits per heavy atom. The molecule has 3 fully saturated rings. The number of alkyl halides is 1. The maximum absolute atomic E-state index is 14.1. The zero-order valence-corrected chi connectivity index (χ0v) is 20.6. The van der Waals surface area contributed by atoms with Crippen LogP contribution in [0.3, 0.4) is 0 Å². The fourth-order valence-electron chi connectivity index (χ4n) is 8.80. The third kappa shape index (κ3) is 3.65. The van der Waals surface area contributed by atoms with Crippen LogP contribution in [0.5, 0.6) is 0 Å². The molecular weight excluding hydrogens is 367 g/mol. The molecule has 0 aromatic carbocycles. The molecular formula is C29H47F. The maximum atomic E-state index is 14.1. The van der Waals surface area contributed by atoms with E-state index >= 15 is 0 Å². The van der Waals surface area contributed by atoms with Gasteiger partial charge in [0.1, 0.15) is 6.17 Å². The van der Waals surface area contributed by atoms with Gasteiger partial charge in [-0.2, -0.15) is 0 Å². The number of rotatable bonds is 5. The molecule has 1 heteroatoms. The van der Waals surface area contributed by atoms with Gasteiger partial charge in [-0.1, -0.05) is 65.3 Å². The van der Waals surface area contributed by atoms with Crippen LogP contribution in [-0.2, 0) is 0 Å². The first-order chi connectivity index (χ1) is 14.2. The van der Waals surface area contributed by atoms with E-state index in [0.29, 0.717) is 16.7 Å². The van der Waals surface area contributed by atoms with E-state index in [9.17, 15) is 4.39 Å². The average molecular weight is 415 g/mol. The van der Waals surface area contributed by atoms with Crippen LogP contribution in [0.25, 0.3) is 0 Å². The molecule has 0 bridgehead atoms. The number of halogens is 1. The summed E-state index contributed by atoms with van der Waals surface area (Å²) in [6, 6.07) is 0. The second-order valence-corrected chi connectivity index (χ2v) is 12.4. The lowest BCUT2D eigenvalue weighted by Crippen LogP contribution is -2.50. The van der Waals surface area contributed by atoms with Gasteiger partial charge < -0.3 is 0 Å². The summed E-state index contributed by atoms with van der Waals surface area (Å²) in [7, 11) is 0. The van der Waals surface area contributed by atoms with Gasteiger partial charge in [-0.15, -0.1) is 0 Å². The minimum absolute atomic E-state index is 0.294. The standard InChI is InChI=1S/C29H47F/c1-7-21(19(2)3)9-8-20(4)25-12-13-26-24-11-10-22-18-23(30)14-16-28(22,5)27(24)15-17-29(25,26)6/h8-10,19-21,23-27H,7,11-18H2,1-6H3/b9-8+/t20-,21-,23-,24+,25-,26+,27+,28+,29-/m1/s1. The molecule has 0 aliphatic heterocycles. The van der Waals surface area contributed by atoms with Crippen molar-refractivity contribution < 1.29 is 4.39 Å². The van der Waals surface area contributed by atoms with Gasteiger partial charge in [0.25, 0.3) is 0 Å². The first-order valence-electron chi connectivity index (χ1n) is 13.2. The van der Waals surface area contributed by atoms with E-state index in [1.807, 2.05) is 0 Å². The number of hydrogen-bond donors (Lipinski definition) is 0. The van der Waals surface area contributed by atoms with Crippen molar-refractivity contribution in [3.63, 3.8) is 0 Å². The maximum Gasteiger partial charge on any atom is 0.104 e. The van der Waals surface area contributed by atoms with Crippen LogP contribution >= 0.6 is 0 Å². The normalized spacial score (nSPS) is 45.6. The molecule has 3 saturated carbocycles. The molecule has 30 heavy (non-hydrogen) atoms. The lowest BCUT2D eigenvalue weighted by Gasteiger charge is -2.58. The Morgan fingerprint density at radius 2 is 1.80 bits per heavy atom. The molecule has 0 N–H and O–H groups in total. The molecule has 0 radical (unpaired) electrons. The summed E-state index contributed by atoms with van der Waals surface area (Å²) in [4.78, 5) is 0. The lowest BCUT2D eigenvalue weighted by molar-refractivity contribution is -0.0501. The van der Waals surface area contributed by atoms with Crippen molar-refractivity contribution >= 4 is 0 Å². The SMILES string of the molecule is CC[C@H](/C=C/[C@@H](C)[C@H]1CC[C@H]2[C@@H]3CC=C4C[C@H](F)CC[C@]4(C)[C@H]3CC[C@]12C)C(C)C. The highest BCUT2D eigenvalue weighted by Gasteiger charge is 2.59. The summed E-state index contributed by atoms with van der Waals surface area (Å²) in [5, 5.41) is 0. The van der Waals surface area contributed by atoms with Gasteiger partial charge >= 0.3 is 0 Å². The second kappa shape index (κ2) is 8.40. The summed E-state index contributed by atoms with van der Waals surface area (Å²) in [5.74, 6) is 5.51. The molecule has 0 aromatic heterocycles. The summed E-state index contributed by atoms with van der Waals surface area (Å²) in [6.45, 7) is 14.7. The molecule has 170 valence electrons. The minimum atomic E-state index is -0.587. The zero-order valence-electron chi connectivity index (χ0n) is 20.6. The monoisotopic (exact) mass is 414 g/mol. The van der Waals surface area contributed by atoms with E-state index in [1.54, 1.807) is 0 Å². The van der Waals surface area contributed by atoms with E-state index in [4.69, 9.17) is 0 Å². The fourth-order valence-corrected chi connectivity index (χ4v) is 8.80. The Hall–Kier alpha value is -0.590. The molecule has 0 nitrogen and oxygen atoms in total. The Morgan fingerprint density at radius 1 is 1.03 bits per heavy atom. The summed E-state index contributed by atoms with van der Waals surface area (Å²) < 4.78 is 14.1. The van der Waals surface area contributed by atoms with Gasteiger partial charge in [0.2, 0.25) is 0 Å². The second-order valence-electron chi connectivity index (χ2n) is 12.4. The molecule has 4 rings (SSSR count). The fraction of sp³-hybridized carbons (Fsp3) is 0.862. The summed E-state index contributed by atoms with van der Waals surface area (Å²) in [5.41, 5.74) is 2.28. The highest BCUT2D eigenvalue weighted by molar-refractivity contribution is 5.25. The molecule has 4 aliphatic rings. The molecule has 0 spiro atoms. The lowest BCUT2D eigenvalue weighted by atomic mass is 9.47. The zero-order chi connectivity index (χ0) is 21.7. The Bertz CT molecular complexity index is 674. The van der Waals surface area contributed by atoms with Crippen molar-refractivity contribution in [2.45, 2.75) is 106 Å². The van der Waals surface area contributed by atoms with E-state index < -0.39 is 6.17 Å². The topological polar surface area (TPSA) is 0 Å². The van der Waals surface area contributed by atoms with Crippen molar-refractivity contribution in [1.29, 1.82) is 0 Å². The minimum Gasteiger partial charge on any atom is -0.247 e. The van der Waals surface area contributed by atoms with E-state index in [0.717, 1.165) is 54.8 Å². The highest BCUT2D eigenvalue weighted by Crippen LogP contribution is 2.67. The molecule has 0 unspecified atom stereocenters. The van der Waals surface area contributed by atoms with E-state index in [1.165, 1.54) is 44.1 Å². The Balaban J connectivity index is 1.52. The first kappa shape index (κ1) is 22.6. The van der Waals surface area contributed by atoms with E-state index in [-0.39, 0.29) is 0 Å². The highest BCUT2D eigenvalue weighted by atomic mass is 19.1. The van der Waals surface area contributed by atoms with Crippen LogP contribution < -0.4 is 0 Å². The molecule has 0 aromatic rings. The number of hydrogen-bond acceptors (Lipinski definition) is 0. The van der Waals surface area contributed by atoms with Crippen LogP contribution in [0.1, 0.15) is 99.3 Å². The van der Waals surface area contributed by atoms with E-state index in [2.05, 4.69) is 59.8 Å². The van der Waals surface area contributed by atoms with Crippen LogP contribution in [0, 0.1) is 52.3 Å². The van der Waals surface area contributed by atoms with Crippen molar-refractivity contribution in [2.24, 2.45) is 52.3 Å². The van der Waals surface area contributed by atoms with Gasteiger partial charge in [0.15, 0.2) is 0 Å². The summed E-state index contributed by atoms with van der Waals surface area (Å²) >= 11 is 0. The third-order valence-corrected chi connectivity index (χ3v) is 10.7. The van der Waals surface area contributed by atoms with Crippen LogP contribution in [-0.4, -0.2) is 6.17 Å².